The SMILES string of the molecule is Cc1ccc2[nH]c([C@](C=O)(c3ccccc3)c3ccc(O)cc3)c(C)c2c1. The first-order valence-corrected chi connectivity index (χ1v) is 8.97. The van der Waals surface area contributed by atoms with Gasteiger partial charge in [-0.2, -0.15) is 0 Å². The Hall–Kier alpha value is -3.33. The summed E-state index contributed by atoms with van der Waals surface area (Å²) in [6.45, 7) is 4.12. The van der Waals surface area contributed by atoms with Crippen LogP contribution >= 0.6 is 0 Å². The van der Waals surface area contributed by atoms with Crippen molar-refractivity contribution in [2.45, 2.75) is 19.3 Å². The Morgan fingerprint density at radius 3 is 2.22 bits per heavy atom. The number of phenols is 1. The van der Waals surface area contributed by atoms with Gasteiger partial charge in [-0.25, -0.2) is 0 Å². The summed E-state index contributed by atoms with van der Waals surface area (Å²) in [5, 5.41) is 10.9. The first-order valence-electron chi connectivity index (χ1n) is 8.97. The Kier molecular flexibility index (Phi) is 4.08. The van der Waals surface area contributed by atoms with Crippen molar-refractivity contribution in [3.8, 4) is 5.75 Å². The molecule has 3 nitrogen and oxygen atoms in total. The number of rotatable bonds is 4. The van der Waals surface area contributed by atoms with Gasteiger partial charge < -0.3 is 14.9 Å². The summed E-state index contributed by atoms with van der Waals surface area (Å²) < 4.78 is 0. The number of hydrogen-bond donors (Lipinski definition) is 2. The summed E-state index contributed by atoms with van der Waals surface area (Å²) in [5.41, 5.74) is 4.82. The van der Waals surface area contributed by atoms with Crippen LogP contribution in [0.5, 0.6) is 5.75 Å². The highest BCUT2D eigenvalue weighted by atomic mass is 16.3. The van der Waals surface area contributed by atoms with E-state index in [-0.39, 0.29) is 5.75 Å². The van der Waals surface area contributed by atoms with Crippen LogP contribution in [0.2, 0.25) is 0 Å². The molecular weight excluding hydrogens is 334 g/mol. The molecule has 3 aromatic carbocycles. The molecule has 3 heteroatoms. The maximum atomic E-state index is 12.7. The second kappa shape index (κ2) is 6.44. The predicted molar refractivity (Wildman–Crippen MR) is 108 cm³/mol. The number of aromatic amines is 1. The number of aromatic hydroxyl groups is 1. The zero-order chi connectivity index (χ0) is 19.0. The van der Waals surface area contributed by atoms with Gasteiger partial charge in [0.15, 0.2) is 0 Å². The highest BCUT2D eigenvalue weighted by Gasteiger charge is 2.39. The number of aldehydes is 1. The smallest absolute Gasteiger partial charge is 0.140 e. The molecule has 1 heterocycles. The molecule has 0 saturated carbocycles. The van der Waals surface area contributed by atoms with Gasteiger partial charge in [-0.3, -0.25) is 0 Å². The van der Waals surface area contributed by atoms with Gasteiger partial charge in [-0.05, 0) is 54.8 Å². The van der Waals surface area contributed by atoms with Crippen LogP contribution in [0.15, 0.2) is 72.8 Å². The molecule has 0 aliphatic rings. The lowest BCUT2D eigenvalue weighted by Crippen LogP contribution is -2.32. The van der Waals surface area contributed by atoms with Gasteiger partial charge in [-0.1, -0.05) is 54.1 Å². The maximum Gasteiger partial charge on any atom is 0.140 e. The zero-order valence-corrected chi connectivity index (χ0v) is 15.4. The molecule has 4 rings (SSSR count). The van der Waals surface area contributed by atoms with E-state index in [0.29, 0.717) is 0 Å². The number of carbonyl (C=O) groups excluding carboxylic acids is 1. The number of carbonyl (C=O) groups is 1. The van der Waals surface area contributed by atoms with Crippen LogP contribution in [-0.2, 0) is 10.2 Å². The number of hydrogen-bond acceptors (Lipinski definition) is 2. The molecule has 0 unspecified atom stereocenters. The van der Waals surface area contributed by atoms with Gasteiger partial charge in [0.1, 0.15) is 17.5 Å². The van der Waals surface area contributed by atoms with Crippen molar-refractivity contribution >= 4 is 17.2 Å². The molecule has 0 fully saturated rings. The van der Waals surface area contributed by atoms with Gasteiger partial charge in [0, 0.05) is 16.6 Å². The van der Waals surface area contributed by atoms with Gasteiger partial charge in [0.25, 0.3) is 0 Å². The number of aromatic nitrogens is 1. The van der Waals surface area contributed by atoms with Crippen LogP contribution in [0.1, 0.15) is 27.9 Å². The van der Waals surface area contributed by atoms with Gasteiger partial charge in [0.05, 0.1) is 0 Å². The molecule has 0 saturated heterocycles. The van der Waals surface area contributed by atoms with Crippen molar-refractivity contribution in [2.75, 3.05) is 0 Å². The fourth-order valence-electron chi connectivity index (χ4n) is 3.91. The second-order valence-corrected chi connectivity index (χ2v) is 7.01. The molecule has 0 aliphatic heterocycles. The zero-order valence-electron chi connectivity index (χ0n) is 15.4. The molecule has 0 bridgehead atoms. The molecule has 27 heavy (non-hydrogen) atoms. The lowest BCUT2D eigenvalue weighted by Gasteiger charge is -2.29. The van der Waals surface area contributed by atoms with Crippen molar-refractivity contribution in [3.05, 3.63) is 101 Å². The average Bonchev–Trinajstić information content (AvgIpc) is 3.02. The van der Waals surface area contributed by atoms with E-state index in [1.54, 1.807) is 12.1 Å². The van der Waals surface area contributed by atoms with E-state index in [0.717, 1.165) is 39.6 Å². The van der Waals surface area contributed by atoms with Gasteiger partial charge in [-0.15, -0.1) is 0 Å². The van der Waals surface area contributed by atoms with E-state index < -0.39 is 5.41 Å². The first kappa shape index (κ1) is 17.1. The third-order valence-corrected chi connectivity index (χ3v) is 5.34. The minimum absolute atomic E-state index is 0.176. The minimum Gasteiger partial charge on any atom is -0.508 e. The topological polar surface area (TPSA) is 53.1 Å². The minimum atomic E-state index is -0.980. The van der Waals surface area contributed by atoms with Crippen molar-refractivity contribution in [2.24, 2.45) is 0 Å². The van der Waals surface area contributed by atoms with E-state index in [1.807, 2.05) is 42.5 Å². The molecule has 1 aromatic heterocycles. The molecule has 4 aromatic rings. The third kappa shape index (κ3) is 2.63. The standard InChI is InChI=1S/C24H21NO2/c1-16-8-13-22-21(14-16)17(2)23(25-22)24(15-26,18-6-4-3-5-7-18)19-9-11-20(27)12-10-19/h3-15,25,27H,1-2H3/t24-/m1/s1. The summed E-state index contributed by atoms with van der Waals surface area (Å²) in [6, 6.07) is 22.9. The molecule has 0 aliphatic carbocycles. The van der Waals surface area contributed by atoms with Crippen molar-refractivity contribution in [3.63, 3.8) is 0 Å². The lowest BCUT2D eigenvalue weighted by atomic mass is 9.72. The number of nitrogens with one attached hydrogen (secondary N) is 1. The molecular formula is C24H21NO2. The number of phenolic OH excluding ortho intramolecular Hbond substituents is 1. The molecule has 134 valence electrons. The first-order chi connectivity index (χ1) is 13.1. The number of aryl methyl sites for hydroxylation is 2. The quantitative estimate of drug-likeness (QED) is 0.505. The summed E-state index contributed by atoms with van der Waals surface area (Å²) in [7, 11) is 0. The third-order valence-electron chi connectivity index (χ3n) is 5.34. The second-order valence-electron chi connectivity index (χ2n) is 7.01. The number of H-pyrrole nitrogens is 1. The Morgan fingerprint density at radius 2 is 1.56 bits per heavy atom. The highest BCUT2D eigenvalue weighted by Crippen LogP contribution is 2.41. The molecule has 0 amide bonds. The Balaban J connectivity index is 2.09. The van der Waals surface area contributed by atoms with Crippen LogP contribution in [0, 0.1) is 13.8 Å². The molecule has 1 atom stereocenters. The Bertz CT molecular complexity index is 1110. The van der Waals surface area contributed by atoms with Gasteiger partial charge >= 0.3 is 0 Å². The van der Waals surface area contributed by atoms with E-state index in [2.05, 4.69) is 37.0 Å². The fraction of sp³-hybridized carbons (Fsp3) is 0.125. The molecule has 0 spiro atoms. The summed E-state index contributed by atoms with van der Waals surface area (Å²) in [6.07, 6.45) is 0.999. The van der Waals surface area contributed by atoms with Crippen LogP contribution in [0.3, 0.4) is 0 Å². The molecule has 2 N–H and O–H groups in total. The largest absolute Gasteiger partial charge is 0.508 e. The summed E-state index contributed by atoms with van der Waals surface area (Å²) in [4.78, 5) is 16.2. The number of fused-ring (bicyclic) bond motifs is 1. The van der Waals surface area contributed by atoms with Crippen LogP contribution < -0.4 is 0 Å². The van der Waals surface area contributed by atoms with Crippen LogP contribution in [0.25, 0.3) is 10.9 Å². The van der Waals surface area contributed by atoms with E-state index in [9.17, 15) is 9.90 Å². The van der Waals surface area contributed by atoms with Crippen LogP contribution in [0.4, 0.5) is 0 Å². The van der Waals surface area contributed by atoms with E-state index in [4.69, 9.17) is 0 Å². The predicted octanol–water partition coefficient (Wildman–Crippen LogP) is 5.02. The van der Waals surface area contributed by atoms with Gasteiger partial charge in [0.2, 0.25) is 0 Å². The Morgan fingerprint density at radius 1 is 0.889 bits per heavy atom. The fourth-order valence-corrected chi connectivity index (χ4v) is 3.91. The van der Waals surface area contributed by atoms with E-state index in [1.165, 1.54) is 5.56 Å². The Labute approximate surface area is 158 Å². The number of benzene rings is 3. The normalized spacial score (nSPS) is 13.4. The maximum absolute atomic E-state index is 12.7. The molecule has 0 radical (unpaired) electrons. The van der Waals surface area contributed by atoms with Crippen LogP contribution in [-0.4, -0.2) is 16.4 Å². The van der Waals surface area contributed by atoms with Crippen molar-refractivity contribution < 1.29 is 9.90 Å². The highest BCUT2D eigenvalue weighted by molar-refractivity contribution is 5.90. The van der Waals surface area contributed by atoms with Crippen molar-refractivity contribution in [1.29, 1.82) is 0 Å². The monoisotopic (exact) mass is 355 g/mol. The van der Waals surface area contributed by atoms with E-state index >= 15 is 0 Å². The summed E-state index contributed by atoms with van der Waals surface area (Å²) >= 11 is 0. The lowest BCUT2D eigenvalue weighted by molar-refractivity contribution is -0.110. The summed E-state index contributed by atoms with van der Waals surface area (Å²) in [5.74, 6) is 0.176. The van der Waals surface area contributed by atoms with Crippen molar-refractivity contribution in [1.82, 2.24) is 4.98 Å². The average molecular weight is 355 g/mol.